The van der Waals surface area contributed by atoms with E-state index in [1.807, 2.05) is 90.4 Å². The van der Waals surface area contributed by atoms with Crippen LogP contribution in [0.5, 0.6) is 0 Å². The Morgan fingerprint density at radius 2 is 1.14 bits per heavy atom. The van der Waals surface area contributed by atoms with E-state index in [1.165, 1.54) is 0 Å². The summed E-state index contributed by atoms with van der Waals surface area (Å²) in [5.41, 5.74) is 0.347. The van der Waals surface area contributed by atoms with Gasteiger partial charge in [-0.1, -0.05) is 0 Å². The number of halogens is 4. The van der Waals surface area contributed by atoms with E-state index in [-0.39, 0.29) is 17.7 Å². The normalized spacial score (nSPS) is 16.5. The number of benzene rings is 1. The first kappa shape index (κ1) is 35.7. The van der Waals surface area contributed by atoms with E-state index in [2.05, 4.69) is 5.32 Å². The van der Waals surface area contributed by atoms with Crippen LogP contribution < -0.4 is 5.32 Å². The molecule has 6 atom stereocenters. The SMILES string of the molecule is O=C(NCC(O)CO)c1c(I)c(I)c(C(=O)N(CC(O)CO)CC(O)C(O)C(O)C(O)CO)c(I)c1I. The van der Waals surface area contributed by atoms with Crippen LogP contribution in [0, 0.1) is 14.3 Å². The largest absolute Gasteiger partial charge is 0.394 e. The lowest BCUT2D eigenvalue weighted by Gasteiger charge is -2.32. The smallest absolute Gasteiger partial charge is 0.256 e. The molecule has 0 spiro atoms. The van der Waals surface area contributed by atoms with Gasteiger partial charge in [0, 0.05) is 33.9 Å². The van der Waals surface area contributed by atoms with Gasteiger partial charge in [-0.2, -0.15) is 0 Å². The van der Waals surface area contributed by atoms with Crippen molar-refractivity contribution in [3.63, 3.8) is 0 Å². The van der Waals surface area contributed by atoms with Gasteiger partial charge in [-0.15, -0.1) is 0 Å². The third kappa shape index (κ3) is 9.65. The van der Waals surface area contributed by atoms with Gasteiger partial charge in [-0.05, 0) is 90.4 Å². The molecule has 0 saturated heterocycles. The molecule has 0 radical (unpaired) electrons. The highest BCUT2D eigenvalue weighted by Gasteiger charge is 2.35. The summed E-state index contributed by atoms with van der Waals surface area (Å²) in [5, 5.41) is 89.3. The second-order valence-electron chi connectivity index (χ2n) is 7.90. The number of rotatable bonds is 14. The summed E-state index contributed by atoms with van der Waals surface area (Å²) < 4.78 is 1.50. The molecule has 1 aromatic carbocycles. The Hall–Kier alpha value is 0.720. The molecular formula is C20H28I4N2O11. The molecule has 0 bridgehead atoms. The van der Waals surface area contributed by atoms with Crippen LogP contribution >= 0.6 is 90.4 Å². The van der Waals surface area contributed by atoms with Gasteiger partial charge in [0.1, 0.15) is 24.4 Å². The molecule has 37 heavy (non-hydrogen) atoms. The summed E-state index contributed by atoms with van der Waals surface area (Å²) in [6.07, 6.45) is -9.99. The van der Waals surface area contributed by atoms with Crippen LogP contribution in [0.1, 0.15) is 20.7 Å². The van der Waals surface area contributed by atoms with Crippen LogP contribution in [0.25, 0.3) is 0 Å². The van der Waals surface area contributed by atoms with Crippen LogP contribution in [-0.2, 0) is 0 Å². The number of nitrogens with zero attached hydrogens (tertiary/aromatic N) is 1. The first-order valence-corrected chi connectivity index (χ1v) is 14.9. The van der Waals surface area contributed by atoms with E-state index in [0.717, 1.165) is 4.90 Å². The minimum absolute atomic E-state index is 0.115. The molecule has 0 aromatic heterocycles. The van der Waals surface area contributed by atoms with Gasteiger partial charge in [-0.25, -0.2) is 0 Å². The topological polar surface area (TPSA) is 231 Å². The lowest BCUT2D eigenvalue weighted by molar-refractivity contribution is -0.118. The Labute approximate surface area is 266 Å². The highest BCUT2D eigenvalue weighted by Crippen LogP contribution is 2.34. The number of aliphatic hydroxyl groups excluding tert-OH is 9. The van der Waals surface area contributed by atoms with Crippen molar-refractivity contribution in [1.82, 2.24) is 10.2 Å². The molecule has 6 unspecified atom stereocenters. The van der Waals surface area contributed by atoms with Gasteiger partial charge >= 0.3 is 0 Å². The Bertz CT molecular complexity index is 913. The Balaban J connectivity index is 3.40. The van der Waals surface area contributed by atoms with Crippen molar-refractivity contribution in [2.45, 2.75) is 36.6 Å². The van der Waals surface area contributed by atoms with E-state index < -0.39 is 81.3 Å². The third-order valence-electron chi connectivity index (χ3n) is 5.08. The number of amides is 2. The van der Waals surface area contributed by atoms with E-state index in [9.17, 15) is 45.3 Å². The molecule has 17 heteroatoms. The zero-order valence-electron chi connectivity index (χ0n) is 19.0. The molecule has 212 valence electrons. The number of carbonyl (C=O) groups excluding carboxylic acids is 2. The van der Waals surface area contributed by atoms with E-state index in [1.54, 1.807) is 0 Å². The number of hydrogen-bond donors (Lipinski definition) is 10. The predicted octanol–water partition coefficient (Wildman–Crippen LogP) is -2.58. The summed E-state index contributed by atoms with van der Waals surface area (Å²) in [6, 6.07) is 0. The summed E-state index contributed by atoms with van der Waals surface area (Å²) in [5.74, 6) is -1.26. The maximum atomic E-state index is 13.6. The standard InChI is InChI=1S/C20H28I4N2O11/c21-13-11(19(36)25-1-7(30)4-27)14(22)16(24)12(15(13)23)20(37)26(2-8(31)5-28)3-9(32)17(34)18(35)10(33)6-29/h7-10,17-18,27-35H,1-6H2,(H,25,36). The summed E-state index contributed by atoms with van der Waals surface area (Å²) in [4.78, 5) is 27.3. The summed E-state index contributed by atoms with van der Waals surface area (Å²) in [6.45, 7) is -3.41. The van der Waals surface area contributed by atoms with Gasteiger partial charge < -0.3 is 56.2 Å². The maximum Gasteiger partial charge on any atom is 0.256 e. The van der Waals surface area contributed by atoms with E-state index in [0.29, 0.717) is 14.3 Å². The molecule has 10 N–H and O–H groups in total. The van der Waals surface area contributed by atoms with Gasteiger partial charge in [0.05, 0.1) is 43.2 Å². The van der Waals surface area contributed by atoms with Crippen molar-refractivity contribution < 1.29 is 55.5 Å². The first-order chi connectivity index (χ1) is 17.2. The van der Waals surface area contributed by atoms with Crippen LogP contribution in [0.3, 0.4) is 0 Å². The zero-order valence-corrected chi connectivity index (χ0v) is 27.6. The Morgan fingerprint density at radius 1 is 0.676 bits per heavy atom. The third-order valence-corrected chi connectivity index (χ3v) is 11.5. The minimum atomic E-state index is -1.96. The quantitative estimate of drug-likeness (QED) is 0.0688. The van der Waals surface area contributed by atoms with E-state index in [4.69, 9.17) is 10.2 Å². The van der Waals surface area contributed by atoms with Crippen molar-refractivity contribution >= 4 is 102 Å². The number of carbonyl (C=O) groups is 2. The molecule has 0 saturated carbocycles. The monoisotopic (exact) mass is 980 g/mol. The fourth-order valence-electron chi connectivity index (χ4n) is 2.99. The fourth-order valence-corrected chi connectivity index (χ4v) is 7.13. The van der Waals surface area contributed by atoms with Crippen molar-refractivity contribution in [3.8, 4) is 0 Å². The molecule has 1 rings (SSSR count). The molecule has 0 fully saturated rings. The maximum absolute atomic E-state index is 13.6. The molecule has 0 aliphatic heterocycles. The molecule has 2 amide bonds. The average Bonchev–Trinajstić information content (AvgIpc) is 2.88. The summed E-state index contributed by atoms with van der Waals surface area (Å²) in [7, 11) is 0. The van der Waals surface area contributed by atoms with Gasteiger partial charge in [0.2, 0.25) is 0 Å². The van der Waals surface area contributed by atoms with Crippen LogP contribution in [-0.4, -0.2) is 139 Å². The highest BCUT2D eigenvalue weighted by molar-refractivity contribution is 14.1. The fraction of sp³-hybridized carbons (Fsp3) is 0.600. The molecule has 1 aromatic rings. The Kier molecular flexibility index (Phi) is 16.3. The lowest BCUT2D eigenvalue weighted by atomic mass is 10.0. The van der Waals surface area contributed by atoms with Crippen molar-refractivity contribution in [3.05, 3.63) is 25.4 Å². The van der Waals surface area contributed by atoms with Gasteiger partial charge in [0.15, 0.2) is 0 Å². The van der Waals surface area contributed by atoms with Crippen LogP contribution in [0.4, 0.5) is 0 Å². The molecule has 0 aliphatic rings. The molecular weight excluding hydrogens is 952 g/mol. The van der Waals surface area contributed by atoms with Crippen molar-refractivity contribution in [2.75, 3.05) is 39.5 Å². The number of nitrogens with one attached hydrogen (secondary N) is 1. The number of hydrogen-bond acceptors (Lipinski definition) is 11. The highest BCUT2D eigenvalue weighted by atomic mass is 127. The van der Waals surface area contributed by atoms with Crippen LogP contribution in [0.2, 0.25) is 0 Å². The second kappa shape index (κ2) is 16.9. The van der Waals surface area contributed by atoms with Crippen molar-refractivity contribution in [2.24, 2.45) is 0 Å². The molecule has 13 nitrogen and oxygen atoms in total. The first-order valence-electron chi connectivity index (χ1n) is 10.6. The average molecular weight is 980 g/mol. The predicted molar refractivity (Wildman–Crippen MR) is 163 cm³/mol. The summed E-state index contributed by atoms with van der Waals surface area (Å²) >= 11 is 7.48. The lowest BCUT2D eigenvalue weighted by Crippen LogP contribution is -2.52. The Morgan fingerprint density at radius 3 is 1.59 bits per heavy atom. The molecule has 0 heterocycles. The minimum Gasteiger partial charge on any atom is -0.394 e. The second-order valence-corrected chi connectivity index (χ2v) is 12.2. The number of aliphatic hydroxyl groups is 9. The van der Waals surface area contributed by atoms with Crippen LogP contribution in [0.15, 0.2) is 0 Å². The van der Waals surface area contributed by atoms with Crippen molar-refractivity contribution in [1.29, 1.82) is 0 Å². The van der Waals surface area contributed by atoms with Gasteiger partial charge in [0.25, 0.3) is 11.8 Å². The van der Waals surface area contributed by atoms with E-state index >= 15 is 0 Å². The zero-order chi connectivity index (χ0) is 28.6. The van der Waals surface area contributed by atoms with Gasteiger partial charge in [-0.3, -0.25) is 9.59 Å². The molecule has 0 aliphatic carbocycles.